The van der Waals surface area contributed by atoms with Gasteiger partial charge in [-0.2, -0.15) is 0 Å². The van der Waals surface area contributed by atoms with Crippen LogP contribution in [0.4, 0.5) is 10.1 Å². The smallest absolute Gasteiger partial charge is 0.270 e. The van der Waals surface area contributed by atoms with Gasteiger partial charge in [-0.25, -0.2) is 4.39 Å². The van der Waals surface area contributed by atoms with E-state index in [2.05, 4.69) is 13.8 Å². The van der Waals surface area contributed by atoms with Crippen molar-refractivity contribution in [3.05, 3.63) is 58.8 Å². The monoisotopic (exact) mass is 431 g/mol. The van der Waals surface area contributed by atoms with Gasteiger partial charge in [0.15, 0.2) is 15.8 Å². The second-order valence-corrected chi connectivity index (χ2v) is 8.49. The van der Waals surface area contributed by atoms with Gasteiger partial charge in [0.1, 0.15) is 5.82 Å². The molecule has 7 heteroatoms. The molecule has 4 nitrogen and oxygen atoms in total. The first-order chi connectivity index (χ1) is 13.9. The third kappa shape index (κ3) is 4.97. The molecule has 0 aliphatic carbocycles. The Morgan fingerprint density at radius 1 is 1.17 bits per heavy atom. The van der Waals surface area contributed by atoms with Gasteiger partial charge in [-0.1, -0.05) is 56.0 Å². The van der Waals surface area contributed by atoms with Gasteiger partial charge in [0.25, 0.3) is 5.91 Å². The number of anilines is 1. The summed E-state index contributed by atoms with van der Waals surface area (Å²) >= 11 is 6.46. The average Bonchev–Trinajstić information content (AvgIpc) is 2.95. The second kappa shape index (κ2) is 9.41. The summed E-state index contributed by atoms with van der Waals surface area (Å²) in [6.07, 6.45) is 1.73. The summed E-state index contributed by atoms with van der Waals surface area (Å²) < 4.78 is 26.0. The fraction of sp³-hybridized carbons (Fsp3) is 0.273. The van der Waals surface area contributed by atoms with E-state index in [0.29, 0.717) is 39.9 Å². The maximum absolute atomic E-state index is 14.1. The maximum Gasteiger partial charge on any atom is 0.270 e. The summed E-state index contributed by atoms with van der Waals surface area (Å²) in [5, 5.41) is 0. The number of benzene rings is 2. The zero-order valence-corrected chi connectivity index (χ0v) is 18.1. The van der Waals surface area contributed by atoms with Crippen LogP contribution in [-0.2, 0) is 4.79 Å². The van der Waals surface area contributed by atoms with Gasteiger partial charge in [0.05, 0.1) is 23.8 Å². The van der Waals surface area contributed by atoms with Crippen LogP contribution in [0.3, 0.4) is 0 Å². The van der Waals surface area contributed by atoms with Crippen molar-refractivity contribution in [2.75, 3.05) is 18.1 Å². The minimum atomic E-state index is -0.490. The number of amides is 1. The Labute approximate surface area is 179 Å². The molecule has 1 aliphatic heterocycles. The standard InChI is InChI=1S/C22H22FNO3S2/c1-4-26-19-11-15(9-10-18(19)27-13-14(2)3)12-20-21(25)24(22(28)29-20)17-8-6-5-7-16(17)23/h5-12,14H,4,13H2,1-3H3/b20-12+. The quantitative estimate of drug-likeness (QED) is 0.417. The Morgan fingerprint density at radius 3 is 2.62 bits per heavy atom. The number of carbonyl (C=O) groups is 1. The normalized spacial score (nSPS) is 15.5. The first-order valence-corrected chi connectivity index (χ1v) is 10.5. The van der Waals surface area contributed by atoms with Crippen LogP contribution in [-0.4, -0.2) is 23.4 Å². The average molecular weight is 432 g/mol. The zero-order chi connectivity index (χ0) is 21.0. The van der Waals surface area contributed by atoms with Gasteiger partial charge in [-0.05, 0) is 48.7 Å². The van der Waals surface area contributed by atoms with Gasteiger partial charge < -0.3 is 9.47 Å². The van der Waals surface area contributed by atoms with Crippen LogP contribution in [0.15, 0.2) is 47.4 Å². The highest BCUT2D eigenvalue weighted by Crippen LogP contribution is 2.38. The summed E-state index contributed by atoms with van der Waals surface area (Å²) in [5.74, 6) is 0.839. The first kappa shape index (κ1) is 21.3. The molecule has 0 unspecified atom stereocenters. The topological polar surface area (TPSA) is 38.8 Å². The molecule has 1 fully saturated rings. The molecule has 0 aromatic heterocycles. The van der Waals surface area contributed by atoms with Crippen molar-refractivity contribution >= 4 is 46.0 Å². The van der Waals surface area contributed by atoms with E-state index in [4.69, 9.17) is 21.7 Å². The molecular formula is C22H22FNO3S2. The molecule has 29 heavy (non-hydrogen) atoms. The number of thioether (sulfide) groups is 1. The summed E-state index contributed by atoms with van der Waals surface area (Å²) in [5.41, 5.74) is 0.935. The van der Waals surface area contributed by atoms with Crippen LogP contribution < -0.4 is 14.4 Å². The fourth-order valence-corrected chi connectivity index (χ4v) is 4.00. The lowest BCUT2D eigenvalue weighted by atomic mass is 10.1. The zero-order valence-electron chi connectivity index (χ0n) is 16.5. The third-order valence-electron chi connectivity index (χ3n) is 4.02. The number of rotatable bonds is 7. The van der Waals surface area contributed by atoms with Crippen molar-refractivity contribution in [3.8, 4) is 11.5 Å². The summed E-state index contributed by atoms with van der Waals surface area (Å²) in [4.78, 5) is 14.5. The van der Waals surface area contributed by atoms with Crippen LogP contribution in [0.2, 0.25) is 0 Å². The highest BCUT2D eigenvalue weighted by Gasteiger charge is 2.34. The number of para-hydroxylation sites is 1. The van der Waals surface area contributed by atoms with Gasteiger partial charge in [-0.3, -0.25) is 9.69 Å². The summed E-state index contributed by atoms with van der Waals surface area (Å²) in [6.45, 7) is 7.13. The molecule has 0 bridgehead atoms. The lowest BCUT2D eigenvalue weighted by Gasteiger charge is -2.15. The predicted molar refractivity (Wildman–Crippen MR) is 120 cm³/mol. The molecule has 0 N–H and O–H groups in total. The molecule has 152 valence electrons. The van der Waals surface area contributed by atoms with Crippen molar-refractivity contribution < 1.29 is 18.7 Å². The van der Waals surface area contributed by atoms with E-state index in [9.17, 15) is 9.18 Å². The van der Waals surface area contributed by atoms with Crippen molar-refractivity contribution in [3.63, 3.8) is 0 Å². The Balaban J connectivity index is 1.88. The number of nitrogens with zero attached hydrogens (tertiary/aromatic N) is 1. The number of carbonyl (C=O) groups excluding carboxylic acids is 1. The molecule has 0 saturated carbocycles. The van der Waals surface area contributed by atoms with Crippen molar-refractivity contribution in [1.29, 1.82) is 0 Å². The number of ether oxygens (including phenoxy) is 2. The summed E-state index contributed by atoms with van der Waals surface area (Å²) in [6, 6.07) is 11.6. The number of thiocarbonyl (C=S) groups is 1. The Morgan fingerprint density at radius 2 is 1.93 bits per heavy atom. The van der Waals surface area contributed by atoms with E-state index < -0.39 is 5.82 Å². The van der Waals surface area contributed by atoms with Gasteiger partial charge in [0.2, 0.25) is 0 Å². The lowest BCUT2D eigenvalue weighted by Crippen LogP contribution is -2.28. The molecule has 0 radical (unpaired) electrons. The van der Waals surface area contributed by atoms with Gasteiger partial charge in [0, 0.05) is 0 Å². The van der Waals surface area contributed by atoms with E-state index in [-0.39, 0.29) is 11.6 Å². The van der Waals surface area contributed by atoms with Crippen LogP contribution in [0.1, 0.15) is 26.3 Å². The number of hydrogen-bond donors (Lipinski definition) is 0. The molecular weight excluding hydrogens is 409 g/mol. The summed E-state index contributed by atoms with van der Waals surface area (Å²) in [7, 11) is 0. The maximum atomic E-state index is 14.1. The Hall–Kier alpha value is -2.38. The highest BCUT2D eigenvalue weighted by molar-refractivity contribution is 8.27. The number of halogens is 1. The van der Waals surface area contributed by atoms with Crippen LogP contribution >= 0.6 is 24.0 Å². The minimum Gasteiger partial charge on any atom is -0.490 e. The number of hydrogen-bond acceptors (Lipinski definition) is 5. The van der Waals surface area contributed by atoms with Crippen LogP contribution in [0, 0.1) is 11.7 Å². The van der Waals surface area contributed by atoms with Crippen molar-refractivity contribution in [2.24, 2.45) is 5.92 Å². The van der Waals surface area contributed by atoms with Crippen LogP contribution in [0.25, 0.3) is 6.08 Å². The molecule has 2 aromatic carbocycles. The fourth-order valence-electron chi connectivity index (χ4n) is 2.72. The Bertz CT molecular complexity index is 959. The second-order valence-electron chi connectivity index (χ2n) is 6.81. The van der Waals surface area contributed by atoms with E-state index in [1.165, 1.54) is 17.0 Å². The first-order valence-electron chi connectivity index (χ1n) is 9.32. The Kier molecular flexibility index (Phi) is 6.92. The molecule has 1 aliphatic rings. The molecule has 1 saturated heterocycles. The predicted octanol–water partition coefficient (Wildman–Crippen LogP) is 5.67. The van der Waals surface area contributed by atoms with E-state index in [1.54, 1.807) is 18.2 Å². The molecule has 1 heterocycles. The lowest BCUT2D eigenvalue weighted by molar-refractivity contribution is -0.113. The SMILES string of the molecule is CCOc1cc(/C=C2/SC(=S)N(c3ccccc3F)C2=O)ccc1OCC(C)C. The van der Waals surface area contributed by atoms with Gasteiger partial charge in [-0.15, -0.1) is 0 Å². The highest BCUT2D eigenvalue weighted by atomic mass is 32.2. The van der Waals surface area contributed by atoms with Gasteiger partial charge >= 0.3 is 0 Å². The van der Waals surface area contributed by atoms with Crippen molar-refractivity contribution in [1.82, 2.24) is 0 Å². The largest absolute Gasteiger partial charge is 0.490 e. The molecule has 0 atom stereocenters. The van der Waals surface area contributed by atoms with E-state index >= 15 is 0 Å². The van der Waals surface area contributed by atoms with E-state index in [0.717, 1.165) is 17.3 Å². The molecule has 2 aromatic rings. The molecule has 1 amide bonds. The van der Waals surface area contributed by atoms with Crippen molar-refractivity contribution in [2.45, 2.75) is 20.8 Å². The third-order valence-corrected chi connectivity index (χ3v) is 5.33. The van der Waals surface area contributed by atoms with Crippen LogP contribution in [0.5, 0.6) is 11.5 Å². The van der Waals surface area contributed by atoms with E-state index in [1.807, 2.05) is 25.1 Å². The minimum absolute atomic E-state index is 0.158. The molecule has 0 spiro atoms. The molecule has 3 rings (SSSR count).